The van der Waals surface area contributed by atoms with Crippen molar-refractivity contribution in [3.8, 4) is 0 Å². The number of nitrogens with one attached hydrogen (secondary N) is 2. The van der Waals surface area contributed by atoms with E-state index < -0.39 is 5.60 Å². The maximum Gasteiger partial charge on any atom is 0.250 e. The number of ether oxygens (including phenoxy) is 1. The average Bonchev–Trinajstić information content (AvgIpc) is 3.20. The number of benzene rings is 2. The zero-order chi connectivity index (χ0) is 24.4. The van der Waals surface area contributed by atoms with Gasteiger partial charge in [0.25, 0.3) is 5.91 Å². The van der Waals surface area contributed by atoms with E-state index in [9.17, 15) is 14.4 Å². The molecule has 6 nitrogen and oxygen atoms in total. The Balaban J connectivity index is 1.48. The summed E-state index contributed by atoms with van der Waals surface area (Å²) in [5.41, 5.74) is 2.03. The van der Waals surface area contributed by atoms with Crippen molar-refractivity contribution in [1.82, 2.24) is 10.6 Å². The highest BCUT2D eigenvalue weighted by Gasteiger charge is 2.44. The Morgan fingerprint density at radius 1 is 0.824 bits per heavy atom. The van der Waals surface area contributed by atoms with Crippen LogP contribution in [0, 0.1) is 0 Å². The fourth-order valence-electron chi connectivity index (χ4n) is 4.30. The summed E-state index contributed by atoms with van der Waals surface area (Å²) in [6, 6.07) is 20.1. The number of carbonyl (C=O) groups excluding carboxylic acids is 3. The largest absolute Gasteiger partial charge is 0.482 e. The van der Waals surface area contributed by atoms with Crippen LogP contribution in [0.4, 0.5) is 0 Å². The second-order valence-corrected chi connectivity index (χ2v) is 8.77. The smallest absolute Gasteiger partial charge is 0.250 e. The fraction of sp³-hybridized carbons (Fsp3) is 0.393. The van der Waals surface area contributed by atoms with Gasteiger partial charge in [-0.1, -0.05) is 73.5 Å². The van der Waals surface area contributed by atoms with Crippen LogP contribution in [0.1, 0.15) is 63.5 Å². The highest BCUT2D eigenvalue weighted by atomic mass is 16.5. The third kappa shape index (κ3) is 6.56. The summed E-state index contributed by atoms with van der Waals surface area (Å²) in [4.78, 5) is 35.3. The molecule has 34 heavy (non-hydrogen) atoms. The first kappa shape index (κ1) is 25.2. The molecule has 2 aromatic carbocycles. The van der Waals surface area contributed by atoms with E-state index >= 15 is 0 Å². The highest BCUT2D eigenvalue weighted by molar-refractivity contribution is 5.96. The number of ketones is 1. The van der Waals surface area contributed by atoms with Crippen molar-refractivity contribution >= 4 is 17.6 Å². The predicted octanol–water partition coefficient (Wildman–Crippen LogP) is 4.40. The van der Waals surface area contributed by atoms with Crippen molar-refractivity contribution in [2.45, 2.75) is 58.0 Å². The lowest BCUT2D eigenvalue weighted by Gasteiger charge is -2.31. The Bertz CT molecular complexity index is 976. The van der Waals surface area contributed by atoms with Gasteiger partial charge in [-0.15, -0.1) is 0 Å². The van der Waals surface area contributed by atoms with Crippen LogP contribution in [0.15, 0.2) is 72.0 Å². The van der Waals surface area contributed by atoms with Gasteiger partial charge in [0.05, 0.1) is 12.0 Å². The molecule has 0 atom stereocenters. The number of rotatable bonds is 12. The van der Waals surface area contributed by atoms with Crippen molar-refractivity contribution in [1.29, 1.82) is 0 Å². The summed E-state index contributed by atoms with van der Waals surface area (Å²) in [6.45, 7) is 4.44. The first-order chi connectivity index (χ1) is 16.4. The molecular formula is C28H34N2O4. The second kappa shape index (κ2) is 12.2. The van der Waals surface area contributed by atoms with E-state index in [1.165, 1.54) is 6.92 Å². The van der Waals surface area contributed by atoms with Gasteiger partial charge >= 0.3 is 0 Å². The molecule has 180 valence electrons. The van der Waals surface area contributed by atoms with Crippen molar-refractivity contribution < 1.29 is 19.1 Å². The lowest BCUT2D eigenvalue weighted by Crippen LogP contribution is -2.30. The molecule has 0 fully saturated rings. The van der Waals surface area contributed by atoms with Gasteiger partial charge < -0.3 is 15.4 Å². The number of amides is 2. The van der Waals surface area contributed by atoms with Gasteiger partial charge in [-0.05, 0) is 26.7 Å². The van der Waals surface area contributed by atoms with Crippen molar-refractivity contribution in [3.05, 3.63) is 83.1 Å². The normalized spacial score (nSPS) is 14.4. The number of unbranched alkanes of at least 4 members (excludes halogenated alkanes) is 3. The van der Waals surface area contributed by atoms with Crippen molar-refractivity contribution in [3.63, 3.8) is 0 Å². The maximum absolute atomic E-state index is 13.0. The summed E-state index contributed by atoms with van der Waals surface area (Å²) in [5.74, 6) is 0.231. The van der Waals surface area contributed by atoms with Crippen molar-refractivity contribution in [2.24, 2.45) is 0 Å². The standard InChI is InChI=1S/C28H34N2O4/c1-21(31)19-26(32)29-17-11-3-4-12-18-30-27(33)25-20-28(34-22(25)2,23-13-7-5-8-14-23)24-15-9-6-10-16-24/h5-10,13-16H,3-4,11-12,17-20H2,1-2H3,(H,29,32)(H,30,33). The minimum absolute atomic E-state index is 0.0547. The SMILES string of the molecule is CC(=O)CC(=O)NCCCCCCNC(=O)C1=C(C)OC(c2ccccc2)(c2ccccc2)C1. The fourth-order valence-corrected chi connectivity index (χ4v) is 4.30. The molecular weight excluding hydrogens is 428 g/mol. The molecule has 3 rings (SSSR count). The van der Waals surface area contributed by atoms with Crippen LogP contribution in [-0.2, 0) is 24.7 Å². The Kier molecular flexibility index (Phi) is 9.02. The predicted molar refractivity (Wildman–Crippen MR) is 132 cm³/mol. The Morgan fingerprint density at radius 2 is 1.35 bits per heavy atom. The van der Waals surface area contributed by atoms with E-state index in [0.717, 1.165) is 36.8 Å². The van der Waals surface area contributed by atoms with Crippen LogP contribution in [0.3, 0.4) is 0 Å². The molecule has 0 saturated heterocycles. The Morgan fingerprint density at radius 3 is 1.88 bits per heavy atom. The van der Waals surface area contributed by atoms with E-state index in [4.69, 9.17) is 4.74 Å². The van der Waals surface area contributed by atoms with Crippen molar-refractivity contribution in [2.75, 3.05) is 13.1 Å². The zero-order valence-electron chi connectivity index (χ0n) is 20.1. The molecule has 0 aliphatic carbocycles. The van der Waals surface area contributed by atoms with Crippen LogP contribution in [-0.4, -0.2) is 30.7 Å². The lowest BCUT2D eigenvalue weighted by atomic mass is 9.82. The molecule has 2 aromatic rings. The first-order valence-corrected chi connectivity index (χ1v) is 12.0. The van der Waals surface area contributed by atoms with E-state index in [-0.39, 0.29) is 24.0 Å². The summed E-state index contributed by atoms with van der Waals surface area (Å²) in [7, 11) is 0. The van der Waals surface area contributed by atoms with Crippen LogP contribution in [0.25, 0.3) is 0 Å². The molecule has 1 aliphatic rings. The van der Waals surface area contributed by atoms with Gasteiger partial charge in [-0.3, -0.25) is 14.4 Å². The number of allylic oxidation sites excluding steroid dienone is 1. The molecule has 0 saturated carbocycles. The molecule has 0 aromatic heterocycles. The number of hydrogen-bond acceptors (Lipinski definition) is 4. The van der Waals surface area contributed by atoms with Gasteiger partial charge in [-0.25, -0.2) is 0 Å². The Labute approximate surface area is 201 Å². The molecule has 2 N–H and O–H groups in total. The van der Waals surface area contributed by atoms with Gasteiger partial charge in [0.2, 0.25) is 5.91 Å². The molecule has 1 heterocycles. The molecule has 0 spiro atoms. The van der Waals surface area contributed by atoms with E-state index in [2.05, 4.69) is 10.6 Å². The molecule has 0 radical (unpaired) electrons. The first-order valence-electron chi connectivity index (χ1n) is 12.0. The van der Waals surface area contributed by atoms with Crippen LogP contribution in [0.2, 0.25) is 0 Å². The maximum atomic E-state index is 13.0. The lowest BCUT2D eigenvalue weighted by molar-refractivity contribution is -0.127. The number of carbonyl (C=O) groups is 3. The highest BCUT2D eigenvalue weighted by Crippen LogP contribution is 2.46. The van der Waals surface area contributed by atoms with Crippen LogP contribution in [0.5, 0.6) is 0 Å². The minimum atomic E-state index is -0.702. The van der Waals surface area contributed by atoms with Crippen LogP contribution < -0.4 is 10.6 Å². The quantitative estimate of drug-likeness (QED) is 0.362. The number of Topliss-reactive ketones (excluding diaryl/α,β-unsaturated/α-hetero) is 1. The van der Waals surface area contributed by atoms with Gasteiger partial charge in [0, 0.05) is 30.6 Å². The third-order valence-corrected chi connectivity index (χ3v) is 6.05. The average molecular weight is 463 g/mol. The zero-order valence-corrected chi connectivity index (χ0v) is 20.1. The van der Waals surface area contributed by atoms with E-state index in [1.807, 2.05) is 67.6 Å². The summed E-state index contributed by atoms with van der Waals surface area (Å²) in [6.07, 6.45) is 4.05. The topological polar surface area (TPSA) is 84.5 Å². The van der Waals surface area contributed by atoms with Gasteiger partial charge in [0.1, 0.15) is 11.5 Å². The molecule has 6 heteroatoms. The molecule has 0 unspecified atom stereocenters. The molecule has 2 amide bonds. The molecule has 1 aliphatic heterocycles. The minimum Gasteiger partial charge on any atom is -0.482 e. The number of hydrogen-bond donors (Lipinski definition) is 2. The van der Waals surface area contributed by atoms with E-state index in [1.54, 1.807) is 0 Å². The summed E-state index contributed by atoms with van der Waals surface area (Å²) < 4.78 is 6.43. The monoisotopic (exact) mass is 462 g/mol. The van der Waals surface area contributed by atoms with Gasteiger partial charge in [-0.2, -0.15) is 0 Å². The second-order valence-electron chi connectivity index (χ2n) is 8.77. The molecule has 0 bridgehead atoms. The van der Waals surface area contributed by atoms with E-state index in [0.29, 0.717) is 30.8 Å². The van der Waals surface area contributed by atoms with Crippen LogP contribution >= 0.6 is 0 Å². The third-order valence-electron chi connectivity index (χ3n) is 6.05. The van der Waals surface area contributed by atoms with Gasteiger partial charge in [0.15, 0.2) is 5.60 Å². The Hall–Kier alpha value is -3.41. The summed E-state index contributed by atoms with van der Waals surface area (Å²) >= 11 is 0. The summed E-state index contributed by atoms with van der Waals surface area (Å²) in [5, 5.41) is 5.79.